The van der Waals surface area contributed by atoms with Crippen molar-refractivity contribution in [1.29, 1.82) is 0 Å². The van der Waals surface area contributed by atoms with Gasteiger partial charge in [0.15, 0.2) is 0 Å². The Morgan fingerprint density at radius 3 is 2.53 bits per heavy atom. The molecule has 1 aliphatic heterocycles. The molecule has 2 aliphatic rings. The molecule has 19 heavy (non-hydrogen) atoms. The van der Waals surface area contributed by atoms with Crippen LogP contribution < -0.4 is 5.73 Å². The lowest BCUT2D eigenvalue weighted by Gasteiger charge is -2.40. The molecule has 3 heteroatoms. The third-order valence-electron chi connectivity index (χ3n) is 5.08. The van der Waals surface area contributed by atoms with Gasteiger partial charge in [0.05, 0.1) is 0 Å². The first-order chi connectivity index (χ1) is 9.22. The molecule has 0 bridgehead atoms. The Bertz CT molecular complexity index is 286. The lowest BCUT2D eigenvalue weighted by Crippen LogP contribution is -2.51. The van der Waals surface area contributed by atoms with Crippen molar-refractivity contribution >= 4 is 5.91 Å². The van der Waals surface area contributed by atoms with Crippen molar-refractivity contribution in [3.63, 3.8) is 0 Å². The molecule has 2 N–H and O–H groups in total. The zero-order valence-electron chi connectivity index (χ0n) is 12.4. The minimum atomic E-state index is 0.294. The van der Waals surface area contributed by atoms with Crippen LogP contribution in [0, 0.1) is 5.92 Å². The average molecular weight is 266 g/mol. The Morgan fingerprint density at radius 1 is 1.11 bits per heavy atom. The van der Waals surface area contributed by atoms with Crippen LogP contribution in [-0.2, 0) is 4.79 Å². The predicted octanol–water partition coefficient (Wildman–Crippen LogP) is 3.08. The SMILES string of the molecule is CC1CCCC(CN)N1C(=O)CCC1CCCCC1. The van der Waals surface area contributed by atoms with Gasteiger partial charge < -0.3 is 10.6 Å². The number of piperidine rings is 1. The van der Waals surface area contributed by atoms with E-state index in [1.54, 1.807) is 0 Å². The summed E-state index contributed by atoms with van der Waals surface area (Å²) in [7, 11) is 0. The zero-order chi connectivity index (χ0) is 13.7. The molecule has 2 rings (SSSR count). The van der Waals surface area contributed by atoms with Crippen LogP contribution in [0.3, 0.4) is 0 Å². The van der Waals surface area contributed by atoms with Gasteiger partial charge in [-0.15, -0.1) is 0 Å². The molecule has 2 fully saturated rings. The van der Waals surface area contributed by atoms with Gasteiger partial charge in [0, 0.05) is 25.0 Å². The van der Waals surface area contributed by atoms with E-state index in [0.29, 0.717) is 24.5 Å². The number of nitrogens with zero attached hydrogens (tertiary/aromatic N) is 1. The van der Waals surface area contributed by atoms with E-state index in [1.165, 1.54) is 38.5 Å². The molecule has 1 aliphatic carbocycles. The largest absolute Gasteiger partial charge is 0.336 e. The Balaban J connectivity index is 1.82. The van der Waals surface area contributed by atoms with Gasteiger partial charge in [-0.05, 0) is 38.5 Å². The van der Waals surface area contributed by atoms with Crippen LogP contribution in [-0.4, -0.2) is 29.4 Å². The monoisotopic (exact) mass is 266 g/mol. The van der Waals surface area contributed by atoms with Crippen molar-refractivity contribution in [3.8, 4) is 0 Å². The van der Waals surface area contributed by atoms with E-state index in [4.69, 9.17) is 5.73 Å². The fourth-order valence-electron chi connectivity index (χ4n) is 3.90. The van der Waals surface area contributed by atoms with Crippen LogP contribution >= 0.6 is 0 Å². The maximum atomic E-state index is 12.5. The van der Waals surface area contributed by atoms with Gasteiger partial charge in [0.2, 0.25) is 5.91 Å². The lowest BCUT2D eigenvalue weighted by atomic mass is 9.85. The van der Waals surface area contributed by atoms with Gasteiger partial charge in [-0.25, -0.2) is 0 Å². The number of amides is 1. The zero-order valence-corrected chi connectivity index (χ0v) is 12.4. The number of carbonyl (C=O) groups is 1. The van der Waals surface area contributed by atoms with Gasteiger partial charge in [-0.1, -0.05) is 32.1 Å². The highest BCUT2D eigenvalue weighted by Gasteiger charge is 2.30. The van der Waals surface area contributed by atoms with E-state index in [9.17, 15) is 4.79 Å². The summed E-state index contributed by atoms with van der Waals surface area (Å²) >= 11 is 0. The molecule has 1 saturated carbocycles. The van der Waals surface area contributed by atoms with Gasteiger partial charge in [0.25, 0.3) is 0 Å². The standard InChI is InChI=1S/C16H30N2O/c1-13-6-5-9-15(12-17)18(13)16(19)11-10-14-7-3-2-4-8-14/h13-15H,2-12,17H2,1H3. The Hall–Kier alpha value is -0.570. The highest BCUT2D eigenvalue weighted by atomic mass is 16.2. The summed E-state index contributed by atoms with van der Waals surface area (Å²) in [6.07, 6.45) is 12.1. The molecule has 0 aromatic rings. The topological polar surface area (TPSA) is 46.3 Å². The van der Waals surface area contributed by atoms with Crippen LogP contribution in [0.5, 0.6) is 0 Å². The summed E-state index contributed by atoms with van der Waals surface area (Å²) in [6, 6.07) is 0.684. The van der Waals surface area contributed by atoms with Gasteiger partial charge in [-0.2, -0.15) is 0 Å². The third kappa shape index (κ3) is 3.95. The molecule has 2 unspecified atom stereocenters. The van der Waals surface area contributed by atoms with Crippen molar-refractivity contribution in [1.82, 2.24) is 4.90 Å². The third-order valence-corrected chi connectivity index (χ3v) is 5.08. The Kier molecular flexibility index (Phi) is 5.68. The van der Waals surface area contributed by atoms with Gasteiger partial charge in [0.1, 0.15) is 0 Å². The number of carbonyl (C=O) groups excluding carboxylic acids is 1. The molecule has 1 amide bonds. The number of nitrogens with two attached hydrogens (primary N) is 1. The van der Waals surface area contributed by atoms with E-state index >= 15 is 0 Å². The molecule has 1 heterocycles. The van der Waals surface area contributed by atoms with Crippen LogP contribution in [0.2, 0.25) is 0 Å². The molecule has 0 spiro atoms. The average Bonchev–Trinajstić information content (AvgIpc) is 2.45. The minimum Gasteiger partial charge on any atom is -0.336 e. The summed E-state index contributed by atoms with van der Waals surface area (Å²) in [5.74, 6) is 1.15. The van der Waals surface area contributed by atoms with Crippen molar-refractivity contribution in [2.75, 3.05) is 6.54 Å². The second kappa shape index (κ2) is 7.28. The van der Waals surface area contributed by atoms with Gasteiger partial charge in [-0.3, -0.25) is 4.79 Å². The predicted molar refractivity (Wildman–Crippen MR) is 78.8 cm³/mol. The van der Waals surface area contributed by atoms with E-state index < -0.39 is 0 Å². The van der Waals surface area contributed by atoms with Crippen molar-refractivity contribution < 1.29 is 4.79 Å². The first-order valence-electron chi connectivity index (χ1n) is 8.23. The minimum absolute atomic E-state index is 0.294. The second-order valence-electron chi connectivity index (χ2n) is 6.51. The molecule has 3 nitrogen and oxygen atoms in total. The number of hydrogen-bond acceptors (Lipinski definition) is 2. The molecule has 110 valence electrons. The number of rotatable bonds is 4. The molecule has 2 atom stereocenters. The molecule has 1 saturated heterocycles. The summed E-state index contributed by atoms with van der Waals surface area (Å²) in [5, 5.41) is 0. The maximum absolute atomic E-state index is 12.5. The molecule has 0 radical (unpaired) electrons. The van der Waals surface area contributed by atoms with Crippen LogP contribution in [0.1, 0.15) is 71.1 Å². The fraction of sp³-hybridized carbons (Fsp3) is 0.938. The first-order valence-corrected chi connectivity index (χ1v) is 8.23. The van der Waals surface area contributed by atoms with E-state index in [0.717, 1.165) is 31.6 Å². The van der Waals surface area contributed by atoms with Crippen molar-refractivity contribution in [2.24, 2.45) is 11.7 Å². The van der Waals surface area contributed by atoms with E-state index in [-0.39, 0.29) is 0 Å². The highest BCUT2D eigenvalue weighted by Crippen LogP contribution is 2.29. The Labute approximate surface area is 117 Å². The van der Waals surface area contributed by atoms with Gasteiger partial charge >= 0.3 is 0 Å². The normalized spacial score (nSPS) is 29.5. The van der Waals surface area contributed by atoms with Crippen LogP contribution in [0.15, 0.2) is 0 Å². The summed E-state index contributed by atoms with van der Waals surface area (Å²) < 4.78 is 0. The molecular formula is C16H30N2O. The van der Waals surface area contributed by atoms with Crippen molar-refractivity contribution in [2.45, 2.75) is 83.2 Å². The smallest absolute Gasteiger partial charge is 0.223 e. The quantitative estimate of drug-likeness (QED) is 0.850. The second-order valence-corrected chi connectivity index (χ2v) is 6.51. The molecule has 0 aromatic heterocycles. The van der Waals surface area contributed by atoms with Crippen molar-refractivity contribution in [3.05, 3.63) is 0 Å². The Morgan fingerprint density at radius 2 is 1.84 bits per heavy atom. The van der Waals surface area contributed by atoms with Crippen LogP contribution in [0.4, 0.5) is 0 Å². The van der Waals surface area contributed by atoms with E-state index in [2.05, 4.69) is 11.8 Å². The summed E-state index contributed by atoms with van der Waals surface area (Å²) in [5.41, 5.74) is 5.84. The summed E-state index contributed by atoms with van der Waals surface area (Å²) in [6.45, 7) is 2.81. The van der Waals surface area contributed by atoms with E-state index in [1.807, 2.05) is 0 Å². The fourth-order valence-corrected chi connectivity index (χ4v) is 3.90. The molecule has 0 aromatic carbocycles. The number of hydrogen-bond donors (Lipinski definition) is 1. The summed E-state index contributed by atoms with van der Waals surface area (Å²) in [4.78, 5) is 14.6. The number of likely N-dealkylation sites (tertiary alicyclic amines) is 1. The molecular weight excluding hydrogens is 236 g/mol. The first kappa shape index (κ1) is 14.8. The highest BCUT2D eigenvalue weighted by molar-refractivity contribution is 5.77. The lowest BCUT2D eigenvalue weighted by molar-refractivity contribution is -0.137. The maximum Gasteiger partial charge on any atom is 0.223 e. The van der Waals surface area contributed by atoms with Crippen LogP contribution in [0.25, 0.3) is 0 Å².